The third-order valence-corrected chi connectivity index (χ3v) is 4.66. The van der Waals surface area contributed by atoms with E-state index < -0.39 is 0 Å². The van der Waals surface area contributed by atoms with Crippen LogP contribution in [0.5, 0.6) is 0 Å². The molecule has 3 heterocycles. The van der Waals surface area contributed by atoms with Gasteiger partial charge in [-0.25, -0.2) is 0 Å². The topological polar surface area (TPSA) is 34.0 Å². The summed E-state index contributed by atoms with van der Waals surface area (Å²) in [5, 5.41) is 4.53. The molecule has 1 N–H and O–H groups in total. The van der Waals surface area contributed by atoms with Crippen LogP contribution in [0.1, 0.15) is 31.4 Å². The molecule has 1 aromatic carbocycles. The zero-order valence-corrected chi connectivity index (χ0v) is 12.6. The minimum atomic E-state index is 0.224. The van der Waals surface area contributed by atoms with E-state index in [4.69, 9.17) is 0 Å². The first-order valence-corrected chi connectivity index (χ1v) is 7.79. The summed E-state index contributed by atoms with van der Waals surface area (Å²) in [6.45, 7) is 5.78. The van der Waals surface area contributed by atoms with Crippen LogP contribution in [0, 0.1) is 5.92 Å². The molecule has 0 saturated carbocycles. The molecule has 1 aromatic heterocycles. The normalized spacial score (nSPS) is 18.0. The second-order valence-electron chi connectivity index (χ2n) is 6.37. The molecule has 0 atom stereocenters. The fraction of sp³-hybridized carbons (Fsp3) is 0.389. The van der Waals surface area contributed by atoms with Gasteiger partial charge in [-0.15, -0.1) is 0 Å². The number of carbonyl (C=O) groups is 1. The molecule has 0 bridgehead atoms. The average molecular weight is 280 g/mol. The number of carbonyl (C=O) groups excluding carboxylic acids is 1. The standard InChI is InChI=1S/C18H20N2O/c1-11(2)17-16(15(21)9-19-17)14-10-20-8-4-6-12-5-3-7-13(14)18(12)20/h3,5,7,10-11,19H,4,6,8-9H2,1-2H3. The van der Waals surface area contributed by atoms with E-state index in [1.165, 1.54) is 22.9 Å². The summed E-state index contributed by atoms with van der Waals surface area (Å²) < 4.78 is 2.33. The fourth-order valence-corrected chi connectivity index (χ4v) is 3.75. The molecule has 108 valence electrons. The van der Waals surface area contributed by atoms with E-state index in [0.717, 1.165) is 29.8 Å². The van der Waals surface area contributed by atoms with Gasteiger partial charge in [0.25, 0.3) is 0 Å². The van der Waals surface area contributed by atoms with Crippen LogP contribution in [0.15, 0.2) is 30.1 Å². The maximum absolute atomic E-state index is 12.4. The highest BCUT2D eigenvalue weighted by Gasteiger charge is 2.29. The van der Waals surface area contributed by atoms with Gasteiger partial charge in [0.1, 0.15) is 0 Å². The Morgan fingerprint density at radius 3 is 2.95 bits per heavy atom. The van der Waals surface area contributed by atoms with Crippen molar-refractivity contribution in [1.29, 1.82) is 0 Å². The van der Waals surface area contributed by atoms with Crippen molar-refractivity contribution in [2.75, 3.05) is 6.54 Å². The Morgan fingerprint density at radius 1 is 1.29 bits per heavy atom. The molecule has 3 nitrogen and oxygen atoms in total. The Hall–Kier alpha value is -2.03. The molecular formula is C18H20N2O. The molecule has 0 saturated heterocycles. The minimum absolute atomic E-state index is 0.224. The molecule has 0 unspecified atom stereocenters. The van der Waals surface area contributed by atoms with Gasteiger partial charge in [-0.1, -0.05) is 32.0 Å². The Balaban J connectivity index is 2.02. The molecule has 2 aromatic rings. The predicted molar refractivity (Wildman–Crippen MR) is 85.0 cm³/mol. The molecule has 2 aliphatic heterocycles. The number of nitrogens with one attached hydrogen (secondary N) is 1. The van der Waals surface area contributed by atoms with Gasteiger partial charge < -0.3 is 9.88 Å². The first-order chi connectivity index (χ1) is 10.2. The van der Waals surface area contributed by atoms with Gasteiger partial charge >= 0.3 is 0 Å². The highest BCUT2D eigenvalue weighted by molar-refractivity contribution is 6.27. The average Bonchev–Trinajstić information content (AvgIpc) is 3.02. The van der Waals surface area contributed by atoms with Crippen LogP contribution in [0.25, 0.3) is 16.5 Å². The van der Waals surface area contributed by atoms with Gasteiger partial charge in [0.05, 0.1) is 12.1 Å². The van der Waals surface area contributed by atoms with Crippen molar-refractivity contribution in [2.24, 2.45) is 5.92 Å². The Kier molecular flexibility index (Phi) is 2.71. The molecule has 0 spiro atoms. The lowest BCUT2D eigenvalue weighted by atomic mass is 9.96. The van der Waals surface area contributed by atoms with Crippen molar-refractivity contribution < 1.29 is 4.79 Å². The van der Waals surface area contributed by atoms with E-state index in [0.29, 0.717) is 12.5 Å². The van der Waals surface area contributed by atoms with Crippen LogP contribution < -0.4 is 5.32 Å². The minimum Gasteiger partial charge on any atom is -0.380 e. The lowest BCUT2D eigenvalue weighted by molar-refractivity contribution is -0.112. The Morgan fingerprint density at radius 2 is 2.14 bits per heavy atom. The largest absolute Gasteiger partial charge is 0.380 e. The van der Waals surface area contributed by atoms with Crippen LogP contribution in [-0.2, 0) is 17.8 Å². The number of hydrogen-bond acceptors (Lipinski definition) is 2. The van der Waals surface area contributed by atoms with Crippen molar-refractivity contribution in [3.63, 3.8) is 0 Å². The number of aryl methyl sites for hydroxylation is 2. The summed E-state index contributed by atoms with van der Waals surface area (Å²) in [6, 6.07) is 6.50. The molecule has 21 heavy (non-hydrogen) atoms. The lowest BCUT2D eigenvalue weighted by Gasteiger charge is -2.14. The second kappa shape index (κ2) is 4.48. The fourth-order valence-electron chi connectivity index (χ4n) is 3.75. The first kappa shape index (κ1) is 12.7. The van der Waals surface area contributed by atoms with Gasteiger partial charge in [-0.3, -0.25) is 4.79 Å². The van der Waals surface area contributed by atoms with Gasteiger partial charge in [0.2, 0.25) is 0 Å². The van der Waals surface area contributed by atoms with Gasteiger partial charge in [0.15, 0.2) is 5.78 Å². The van der Waals surface area contributed by atoms with E-state index in [-0.39, 0.29) is 5.78 Å². The highest BCUT2D eigenvalue weighted by atomic mass is 16.1. The van der Waals surface area contributed by atoms with Crippen molar-refractivity contribution in [3.8, 4) is 0 Å². The van der Waals surface area contributed by atoms with Gasteiger partial charge in [-0.05, 0) is 24.3 Å². The number of benzene rings is 1. The van der Waals surface area contributed by atoms with E-state index in [1.807, 2.05) is 0 Å². The monoisotopic (exact) mass is 280 g/mol. The Bertz CT molecular complexity index is 780. The molecular weight excluding hydrogens is 260 g/mol. The summed E-state index contributed by atoms with van der Waals surface area (Å²) in [6.07, 6.45) is 4.52. The molecule has 3 heteroatoms. The summed E-state index contributed by atoms with van der Waals surface area (Å²) >= 11 is 0. The number of allylic oxidation sites excluding steroid dienone is 1. The smallest absolute Gasteiger partial charge is 0.184 e. The number of Topliss-reactive ketones (excluding diaryl/α,β-unsaturated/α-hetero) is 1. The van der Waals surface area contributed by atoms with Crippen molar-refractivity contribution in [1.82, 2.24) is 9.88 Å². The molecule has 0 amide bonds. The first-order valence-electron chi connectivity index (χ1n) is 7.79. The molecule has 0 fully saturated rings. The molecule has 2 aliphatic rings. The third kappa shape index (κ3) is 1.76. The SMILES string of the molecule is CC(C)C1=C(c2cn3c4c(cccc24)CCC3)C(=O)CN1. The summed E-state index contributed by atoms with van der Waals surface area (Å²) in [7, 11) is 0. The van der Waals surface area contributed by atoms with Gasteiger partial charge in [-0.2, -0.15) is 0 Å². The van der Waals surface area contributed by atoms with Crippen molar-refractivity contribution >= 4 is 22.3 Å². The number of ketones is 1. The highest BCUT2D eigenvalue weighted by Crippen LogP contribution is 2.36. The van der Waals surface area contributed by atoms with Crippen LogP contribution >= 0.6 is 0 Å². The van der Waals surface area contributed by atoms with Crippen LogP contribution in [0.2, 0.25) is 0 Å². The second-order valence-corrected chi connectivity index (χ2v) is 6.37. The van der Waals surface area contributed by atoms with E-state index in [2.05, 4.69) is 48.1 Å². The van der Waals surface area contributed by atoms with Crippen molar-refractivity contribution in [3.05, 3.63) is 41.2 Å². The number of para-hydroxylation sites is 1. The molecule has 0 aliphatic carbocycles. The number of nitrogens with zero attached hydrogens (tertiary/aromatic N) is 1. The molecule has 0 radical (unpaired) electrons. The maximum atomic E-state index is 12.4. The number of hydrogen-bond donors (Lipinski definition) is 1. The summed E-state index contributed by atoms with van der Waals surface area (Å²) in [5.74, 6) is 0.570. The van der Waals surface area contributed by atoms with Crippen LogP contribution in [0.4, 0.5) is 0 Å². The van der Waals surface area contributed by atoms with E-state index >= 15 is 0 Å². The number of aromatic nitrogens is 1. The zero-order chi connectivity index (χ0) is 14.6. The van der Waals surface area contributed by atoms with Crippen LogP contribution in [-0.4, -0.2) is 16.9 Å². The van der Waals surface area contributed by atoms with Crippen molar-refractivity contribution in [2.45, 2.75) is 33.2 Å². The zero-order valence-electron chi connectivity index (χ0n) is 12.6. The van der Waals surface area contributed by atoms with Crippen LogP contribution in [0.3, 0.4) is 0 Å². The maximum Gasteiger partial charge on any atom is 0.184 e. The quantitative estimate of drug-likeness (QED) is 0.917. The lowest BCUT2D eigenvalue weighted by Crippen LogP contribution is -2.14. The van der Waals surface area contributed by atoms with E-state index in [9.17, 15) is 4.79 Å². The predicted octanol–water partition coefficient (Wildman–Crippen LogP) is 3.13. The van der Waals surface area contributed by atoms with E-state index in [1.54, 1.807) is 0 Å². The van der Waals surface area contributed by atoms with Gasteiger partial charge in [0, 0.05) is 35.0 Å². The summed E-state index contributed by atoms with van der Waals surface area (Å²) in [5.41, 5.74) is 5.87. The summed E-state index contributed by atoms with van der Waals surface area (Å²) in [4.78, 5) is 12.4. The third-order valence-electron chi connectivity index (χ3n) is 4.66. The Labute approximate surface area is 124 Å². The molecule has 4 rings (SSSR count). The number of rotatable bonds is 2.